The lowest BCUT2D eigenvalue weighted by Gasteiger charge is -2.13. The first kappa shape index (κ1) is 12.1. The van der Waals surface area contributed by atoms with E-state index in [-0.39, 0.29) is 0 Å². The van der Waals surface area contributed by atoms with Gasteiger partial charge in [-0.2, -0.15) is 0 Å². The molecule has 0 bridgehead atoms. The molecule has 2 heterocycles. The Morgan fingerprint density at radius 1 is 1.47 bits per heavy atom. The zero-order valence-electron chi connectivity index (χ0n) is 9.08. The van der Waals surface area contributed by atoms with Crippen molar-refractivity contribution < 1.29 is 9.13 Å². The molecule has 0 amide bonds. The largest absolute Gasteiger partial charge is 0.382 e. The molecule has 0 aliphatic rings. The molecule has 0 saturated carbocycles. The Hall–Kier alpha value is -1.33. The average Bonchev–Trinajstić information content (AvgIpc) is 2.73. The van der Waals surface area contributed by atoms with Gasteiger partial charge in [0.25, 0.3) is 0 Å². The highest BCUT2D eigenvalue weighted by Gasteiger charge is 2.13. The van der Waals surface area contributed by atoms with Crippen molar-refractivity contribution >= 4 is 26.2 Å². The average molecular weight is 257 g/mol. The quantitative estimate of drug-likeness (QED) is 0.793. The minimum absolute atomic E-state index is 0.317. The summed E-state index contributed by atoms with van der Waals surface area (Å²) in [6.07, 6.45) is 2.79. The van der Waals surface area contributed by atoms with Crippen LogP contribution in [0, 0.1) is 0 Å². The van der Waals surface area contributed by atoms with Crippen LogP contribution >= 0.6 is 9.24 Å². The minimum Gasteiger partial charge on any atom is -0.382 e. The highest BCUT2D eigenvalue weighted by molar-refractivity contribution is 7.16. The second-order valence-corrected chi connectivity index (χ2v) is 3.77. The zero-order valence-corrected chi connectivity index (χ0v) is 10.2. The molecule has 0 aliphatic heterocycles. The van der Waals surface area contributed by atoms with Gasteiger partial charge in [-0.3, -0.25) is 0 Å². The maximum absolute atomic E-state index is 12.7. The van der Waals surface area contributed by atoms with E-state index >= 15 is 0 Å². The molecule has 2 aromatic heterocycles. The van der Waals surface area contributed by atoms with Crippen LogP contribution in [0.25, 0.3) is 11.2 Å². The number of nitrogen functional groups attached to an aromatic ring is 1. The van der Waals surface area contributed by atoms with Gasteiger partial charge in [0.1, 0.15) is 24.6 Å². The predicted octanol–water partition coefficient (Wildman–Crippen LogP) is 0.596. The second-order valence-electron chi connectivity index (χ2n) is 3.44. The Kier molecular flexibility index (Phi) is 3.81. The molecule has 2 N–H and O–H groups in total. The summed E-state index contributed by atoms with van der Waals surface area (Å²) < 4.78 is 19.6. The first-order chi connectivity index (χ1) is 8.26. The van der Waals surface area contributed by atoms with Crippen molar-refractivity contribution in [1.29, 1.82) is 0 Å². The zero-order chi connectivity index (χ0) is 12.3. The van der Waals surface area contributed by atoms with Gasteiger partial charge in [-0.25, -0.2) is 19.3 Å². The number of alkyl halides is 1. The number of rotatable bonds is 5. The molecule has 6 nitrogen and oxygen atoms in total. The molecular weight excluding hydrogens is 244 g/mol. The topological polar surface area (TPSA) is 78.9 Å². The van der Waals surface area contributed by atoms with E-state index in [9.17, 15) is 4.39 Å². The van der Waals surface area contributed by atoms with Crippen molar-refractivity contribution in [2.24, 2.45) is 0 Å². The van der Waals surface area contributed by atoms with E-state index in [1.807, 2.05) is 0 Å². The van der Waals surface area contributed by atoms with E-state index < -0.39 is 12.8 Å². The van der Waals surface area contributed by atoms with Gasteiger partial charge in [-0.05, 0) is 0 Å². The SMILES string of the molecule is Nc1ncnc2c1ncn2CC(CF)OCP. The fourth-order valence-corrected chi connectivity index (χ4v) is 1.81. The van der Waals surface area contributed by atoms with Crippen LogP contribution in [-0.4, -0.2) is 38.6 Å². The van der Waals surface area contributed by atoms with Crippen LogP contribution in [0.15, 0.2) is 12.7 Å². The first-order valence-electron chi connectivity index (χ1n) is 5.05. The molecule has 0 aromatic carbocycles. The normalized spacial score (nSPS) is 13.1. The molecule has 0 aliphatic carbocycles. The van der Waals surface area contributed by atoms with Gasteiger partial charge >= 0.3 is 0 Å². The predicted molar refractivity (Wildman–Crippen MR) is 65.2 cm³/mol. The third-order valence-corrected chi connectivity index (χ3v) is 2.53. The Labute approximate surface area is 99.6 Å². The van der Waals surface area contributed by atoms with Crippen LogP contribution in [0.4, 0.5) is 10.2 Å². The minimum atomic E-state index is -0.561. The molecule has 2 rings (SSSR count). The lowest BCUT2D eigenvalue weighted by atomic mass is 10.4. The number of nitrogens with zero attached hydrogens (tertiary/aromatic N) is 4. The molecule has 0 saturated heterocycles. The summed E-state index contributed by atoms with van der Waals surface area (Å²) >= 11 is 0. The monoisotopic (exact) mass is 257 g/mol. The van der Waals surface area contributed by atoms with E-state index in [4.69, 9.17) is 10.5 Å². The maximum atomic E-state index is 12.7. The van der Waals surface area contributed by atoms with Crippen molar-refractivity contribution in [3.8, 4) is 0 Å². The number of hydrogen-bond donors (Lipinski definition) is 1. The number of ether oxygens (including phenoxy) is 1. The number of anilines is 1. The second kappa shape index (κ2) is 5.33. The smallest absolute Gasteiger partial charge is 0.165 e. The molecule has 0 spiro atoms. The lowest BCUT2D eigenvalue weighted by Crippen LogP contribution is -2.21. The number of hydrogen-bond acceptors (Lipinski definition) is 5. The summed E-state index contributed by atoms with van der Waals surface area (Å²) in [7, 11) is 2.39. The van der Waals surface area contributed by atoms with Gasteiger partial charge in [-0.15, -0.1) is 9.24 Å². The van der Waals surface area contributed by atoms with Crippen LogP contribution in [0.3, 0.4) is 0 Å². The van der Waals surface area contributed by atoms with Crippen LogP contribution in [0.2, 0.25) is 0 Å². The molecule has 2 atom stereocenters. The van der Waals surface area contributed by atoms with Crippen molar-refractivity contribution in [2.75, 3.05) is 18.8 Å². The molecule has 0 radical (unpaired) electrons. The third kappa shape index (κ3) is 2.50. The molecule has 8 heteroatoms. The molecule has 0 fully saturated rings. The van der Waals surface area contributed by atoms with E-state index in [2.05, 4.69) is 24.2 Å². The standard InChI is InChI=1S/C9H13FN5OP/c10-1-6(16-5-17)2-15-4-14-7-8(11)12-3-13-9(7)15/h3-4,6H,1-2,5,17H2,(H2,11,12,13). The number of nitrogens with two attached hydrogens (primary N) is 1. The van der Waals surface area contributed by atoms with E-state index in [1.54, 1.807) is 10.9 Å². The van der Waals surface area contributed by atoms with Crippen LogP contribution in [0.1, 0.15) is 0 Å². The van der Waals surface area contributed by atoms with Crippen molar-refractivity contribution in [3.63, 3.8) is 0 Å². The molecule has 92 valence electrons. The fourth-order valence-electron chi connectivity index (χ4n) is 1.53. The maximum Gasteiger partial charge on any atom is 0.165 e. The molecule has 2 aromatic rings. The highest BCUT2D eigenvalue weighted by Crippen LogP contribution is 2.15. The van der Waals surface area contributed by atoms with Crippen molar-refractivity contribution in [3.05, 3.63) is 12.7 Å². The van der Waals surface area contributed by atoms with Crippen molar-refractivity contribution in [1.82, 2.24) is 19.5 Å². The van der Waals surface area contributed by atoms with Crippen LogP contribution < -0.4 is 5.73 Å². The van der Waals surface area contributed by atoms with Gasteiger partial charge in [-0.1, -0.05) is 0 Å². The molecule has 2 unspecified atom stereocenters. The first-order valence-corrected chi connectivity index (χ1v) is 5.87. The van der Waals surface area contributed by atoms with Gasteiger partial charge < -0.3 is 15.0 Å². The Morgan fingerprint density at radius 3 is 3.00 bits per heavy atom. The number of imidazole rings is 1. The summed E-state index contributed by atoms with van der Waals surface area (Å²) in [5.41, 5.74) is 6.77. The van der Waals surface area contributed by atoms with Crippen LogP contribution in [-0.2, 0) is 11.3 Å². The number of aromatic nitrogens is 4. The van der Waals surface area contributed by atoms with E-state index in [0.717, 1.165) is 0 Å². The fraction of sp³-hybridized carbons (Fsp3) is 0.444. The number of halogens is 1. The summed E-state index contributed by atoms with van der Waals surface area (Å²) in [5, 5.41) is 0. The Bertz CT molecular complexity index is 505. The number of fused-ring (bicyclic) bond motifs is 1. The summed E-state index contributed by atoms with van der Waals surface area (Å²) in [4.78, 5) is 12.0. The Morgan fingerprint density at radius 2 is 2.29 bits per heavy atom. The van der Waals surface area contributed by atoms with Gasteiger partial charge in [0.2, 0.25) is 0 Å². The lowest BCUT2D eigenvalue weighted by molar-refractivity contribution is 0.0558. The van der Waals surface area contributed by atoms with Gasteiger partial charge in [0.15, 0.2) is 11.5 Å². The summed E-state index contributed by atoms with van der Waals surface area (Å²) in [6, 6.07) is 0. The van der Waals surface area contributed by atoms with E-state index in [1.165, 1.54) is 6.33 Å². The molecule has 17 heavy (non-hydrogen) atoms. The van der Waals surface area contributed by atoms with Crippen LogP contribution in [0.5, 0.6) is 0 Å². The van der Waals surface area contributed by atoms with E-state index in [0.29, 0.717) is 29.9 Å². The third-order valence-electron chi connectivity index (χ3n) is 2.33. The highest BCUT2D eigenvalue weighted by atomic mass is 31.0. The van der Waals surface area contributed by atoms with Crippen molar-refractivity contribution in [2.45, 2.75) is 12.6 Å². The molecular formula is C9H13FN5OP. The van der Waals surface area contributed by atoms with Gasteiger partial charge in [0, 0.05) is 0 Å². The summed E-state index contributed by atoms with van der Waals surface area (Å²) in [5.74, 6) is 0.317. The summed E-state index contributed by atoms with van der Waals surface area (Å²) in [6.45, 7) is -0.216. The Balaban J connectivity index is 2.27. The van der Waals surface area contributed by atoms with Gasteiger partial charge in [0.05, 0.1) is 19.2 Å².